The van der Waals surface area contributed by atoms with Crippen LogP contribution in [0.25, 0.3) is 0 Å². The van der Waals surface area contributed by atoms with Crippen LogP contribution in [0.5, 0.6) is 0 Å². The predicted molar refractivity (Wildman–Crippen MR) is 86.7 cm³/mol. The zero-order valence-corrected chi connectivity index (χ0v) is 13.1. The molecule has 0 amide bonds. The van der Waals surface area contributed by atoms with Crippen LogP contribution in [0.15, 0.2) is 17.1 Å². The van der Waals surface area contributed by atoms with Crippen molar-refractivity contribution in [2.45, 2.75) is 38.6 Å². The Morgan fingerprint density at radius 1 is 1.38 bits per heavy atom. The van der Waals surface area contributed by atoms with Gasteiger partial charge in [-0.05, 0) is 44.7 Å². The number of nitrogens with one attached hydrogen (secondary N) is 1. The fourth-order valence-corrected chi connectivity index (χ4v) is 4.41. The van der Waals surface area contributed by atoms with Gasteiger partial charge in [-0.3, -0.25) is 20.4 Å². The first-order chi connectivity index (χ1) is 10.0. The molecule has 6 heteroatoms. The number of nitro groups is 1. The van der Waals surface area contributed by atoms with E-state index in [2.05, 4.69) is 5.32 Å². The summed E-state index contributed by atoms with van der Waals surface area (Å²) in [4.78, 5) is 15.5. The second-order valence-electron chi connectivity index (χ2n) is 5.77. The third-order valence-electron chi connectivity index (χ3n) is 4.61. The van der Waals surface area contributed by atoms with Crippen LogP contribution in [0, 0.1) is 24.0 Å². The molecule has 0 bridgehead atoms. The van der Waals surface area contributed by atoms with Gasteiger partial charge in [0.15, 0.2) is 0 Å². The summed E-state index contributed by atoms with van der Waals surface area (Å²) in [5.74, 6) is 2.06. The molecule has 0 radical (unpaired) electrons. The van der Waals surface area contributed by atoms with E-state index in [9.17, 15) is 10.1 Å². The summed E-state index contributed by atoms with van der Waals surface area (Å²) in [6.45, 7) is 3.71. The number of nitro benzene ring substituents is 1. The summed E-state index contributed by atoms with van der Waals surface area (Å²) in [7, 11) is 0. The van der Waals surface area contributed by atoms with Crippen molar-refractivity contribution in [3.8, 4) is 0 Å². The van der Waals surface area contributed by atoms with Crippen molar-refractivity contribution in [1.82, 2.24) is 5.32 Å². The first-order valence-corrected chi connectivity index (χ1v) is 8.34. The normalized spacial score (nSPS) is 26.9. The van der Waals surface area contributed by atoms with Gasteiger partial charge in [-0.15, -0.1) is 11.8 Å². The van der Waals surface area contributed by atoms with E-state index in [1.165, 1.54) is 5.71 Å². The summed E-state index contributed by atoms with van der Waals surface area (Å²) >= 11 is 1.92. The summed E-state index contributed by atoms with van der Waals surface area (Å²) in [6, 6.07) is 3.35. The van der Waals surface area contributed by atoms with Crippen LogP contribution >= 0.6 is 11.8 Å². The lowest BCUT2D eigenvalue weighted by Crippen LogP contribution is -2.45. The van der Waals surface area contributed by atoms with Crippen LogP contribution in [0.2, 0.25) is 0 Å². The zero-order chi connectivity index (χ0) is 15.0. The fraction of sp³-hybridized carbons (Fsp3) is 0.533. The van der Waals surface area contributed by atoms with E-state index < -0.39 is 0 Å². The highest BCUT2D eigenvalue weighted by atomic mass is 32.2. The molecule has 1 N–H and O–H groups in total. The van der Waals surface area contributed by atoms with Crippen molar-refractivity contribution in [1.29, 1.82) is 0 Å². The number of benzene rings is 1. The van der Waals surface area contributed by atoms with Gasteiger partial charge in [0.25, 0.3) is 5.69 Å². The van der Waals surface area contributed by atoms with Crippen molar-refractivity contribution in [3.63, 3.8) is 0 Å². The summed E-state index contributed by atoms with van der Waals surface area (Å²) in [6.07, 6.45) is 3.32. The van der Waals surface area contributed by atoms with Crippen molar-refractivity contribution < 1.29 is 4.92 Å². The molecular weight excluding hydrogens is 286 g/mol. The van der Waals surface area contributed by atoms with Gasteiger partial charge in [-0.25, -0.2) is 0 Å². The maximum Gasteiger partial charge on any atom is 0.272 e. The lowest BCUT2D eigenvalue weighted by atomic mass is 9.98. The third kappa shape index (κ3) is 2.46. The molecule has 2 fully saturated rings. The maximum absolute atomic E-state index is 11.0. The van der Waals surface area contributed by atoms with Crippen LogP contribution < -0.4 is 5.32 Å². The molecule has 112 valence electrons. The van der Waals surface area contributed by atoms with E-state index in [1.54, 1.807) is 19.1 Å². The van der Waals surface area contributed by atoms with Crippen molar-refractivity contribution >= 4 is 28.8 Å². The van der Waals surface area contributed by atoms with Crippen LogP contribution in [0.1, 0.15) is 30.4 Å². The Labute approximate surface area is 128 Å². The van der Waals surface area contributed by atoms with E-state index in [1.807, 2.05) is 18.7 Å². The minimum absolute atomic E-state index is 0.0623. The van der Waals surface area contributed by atoms with Gasteiger partial charge in [0, 0.05) is 29.0 Å². The maximum atomic E-state index is 11.0. The quantitative estimate of drug-likeness (QED) is 0.671. The smallest absolute Gasteiger partial charge is 0.272 e. The highest BCUT2D eigenvalue weighted by molar-refractivity contribution is 7.99. The average molecular weight is 305 g/mol. The third-order valence-corrected chi connectivity index (χ3v) is 5.66. The largest absolute Gasteiger partial charge is 0.297 e. The van der Waals surface area contributed by atoms with E-state index in [4.69, 9.17) is 4.99 Å². The lowest BCUT2D eigenvalue weighted by Gasteiger charge is -2.23. The van der Waals surface area contributed by atoms with Gasteiger partial charge in [-0.1, -0.05) is 0 Å². The molecule has 1 aliphatic carbocycles. The molecule has 1 saturated carbocycles. The van der Waals surface area contributed by atoms with Gasteiger partial charge >= 0.3 is 0 Å². The highest BCUT2D eigenvalue weighted by Crippen LogP contribution is 2.37. The molecule has 1 heterocycles. The topological polar surface area (TPSA) is 67.5 Å². The van der Waals surface area contributed by atoms with E-state index in [0.29, 0.717) is 5.56 Å². The number of hydrogen-bond donors (Lipinski definition) is 1. The molecule has 0 aromatic heterocycles. The predicted octanol–water partition coefficient (Wildman–Crippen LogP) is 3.50. The molecule has 1 atom stereocenters. The summed E-state index contributed by atoms with van der Waals surface area (Å²) in [5, 5.41) is 14.6. The van der Waals surface area contributed by atoms with E-state index in [0.717, 1.165) is 42.1 Å². The molecule has 2 aliphatic rings. The number of aliphatic imine (C=N–C) groups is 1. The molecule has 5 nitrogen and oxygen atoms in total. The molecule has 1 aliphatic heterocycles. The van der Waals surface area contributed by atoms with Crippen molar-refractivity contribution in [3.05, 3.63) is 33.4 Å². The molecule has 3 rings (SSSR count). The Morgan fingerprint density at radius 3 is 2.86 bits per heavy atom. The van der Waals surface area contributed by atoms with Gasteiger partial charge < -0.3 is 0 Å². The molecule has 21 heavy (non-hydrogen) atoms. The Kier molecular flexibility index (Phi) is 3.75. The minimum atomic E-state index is -0.328. The first kappa shape index (κ1) is 14.5. The fourth-order valence-electron chi connectivity index (χ4n) is 3.17. The molecular formula is C15H19N3O2S. The molecule has 1 spiro atoms. The SMILES string of the molecule is Cc1c(N=C2CCCC23CSCN3)ccc([N+](=O)[O-])c1C. The van der Waals surface area contributed by atoms with Crippen molar-refractivity contribution in [2.75, 3.05) is 11.6 Å². The summed E-state index contributed by atoms with van der Waals surface area (Å²) < 4.78 is 0. The van der Waals surface area contributed by atoms with Crippen LogP contribution in [0.4, 0.5) is 11.4 Å². The van der Waals surface area contributed by atoms with Crippen LogP contribution in [-0.4, -0.2) is 27.8 Å². The van der Waals surface area contributed by atoms with Crippen LogP contribution in [-0.2, 0) is 0 Å². The van der Waals surface area contributed by atoms with Crippen LogP contribution in [0.3, 0.4) is 0 Å². The Morgan fingerprint density at radius 2 is 2.19 bits per heavy atom. The Bertz CT molecular complexity index is 616. The second-order valence-corrected chi connectivity index (χ2v) is 6.76. The monoisotopic (exact) mass is 305 g/mol. The van der Waals surface area contributed by atoms with Gasteiger partial charge in [0.05, 0.1) is 16.1 Å². The highest BCUT2D eigenvalue weighted by Gasteiger charge is 2.42. The lowest BCUT2D eigenvalue weighted by molar-refractivity contribution is -0.385. The van der Waals surface area contributed by atoms with Crippen molar-refractivity contribution in [2.24, 2.45) is 4.99 Å². The van der Waals surface area contributed by atoms with E-state index >= 15 is 0 Å². The van der Waals surface area contributed by atoms with Gasteiger partial charge in [0.2, 0.25) is 0 Å². The number of hydrogen-bond acceptors (Lipinski definition) is 5. The standard InChI is InChI=1S/C15H19N3O2S/c1-10-11(2)13(18(19)20)6-5-12(10)17-14-4-3-7-15(14)8-21-9-16-15/h5-6,16H,3-4,7-9H2,1-2H3. The molecule has 1 saturated heterocycles. The number of rotatable bonds is 2. The molecule has 1 aromatic rings. The Balaban J connectivity index is 2.00. The molecule has 1 aromatic carbocycles. The Hall–Kier alpha value is -1.40. The number of nitrogens with zero attached hydrogens (tertiary/aromatic N) is 2. The average Bonchev–Trinajstić information content (AvgIpc) is 3.07. The zero-order valence-electron chi connectivity index (χ0n) is 12.3. The second kappa shape index (κ2) is 5.42. The number of thioether (sulfide) groups is 1. The summed E-state index contributed by atoms with van der Waals surface area (Å²) in [5.41, 5.74) is 3.93. The van der Waals surface area contributed by atoms with E-state index in [-0.39, 0.29) is 16.1 Å². The minimum Gasteiger partial charge on any atom is -0.297 e. The first-order valence-electron chi connectivity index (χ1n) is 7.19. The molecule has 1 unspecified atom stereocenters. The van der Waals surface area contributed by atoms with Gasteiger partial charge in [-0.2, -0.15) is 0 Å². The van der Waals surface area contributed by atoms with Gasteiger partial charge in [0.1, 0.15) is 0 Å².